The van der Waals surface area contributed by atoms with E-state index in [1.165, 1.54) is 11.1 Å². The summed E-state index contributed by atoms with van der Waals surface area (Å²) in [7, 11) is 3.34. The molecule has 9 nitrogen and oxygen atoms in total. The molecule has 1 amide bonds. The molecule has 0 radical (unpaired) electrons. The molecular formula is C36H47N5O4. The van der Waals surface area contributed by atoms with Crippen molar-refractivity contribution in [3.8, 4) is 11.8 Å². The van der Waals surface area contributed by atoms with Crippen LogP contribution in [0.3, 0.4) is 0 Å². The third-order valence-corrected chi connectivity index (χ3v) is 9.26. The topological polar surface area (TPSA) is 80.3 Å². The van der Waals surface area contributed by atoms with Crippen molar-refractivity contribution in [3.63, 3.8) is 0 Å². The molecule has 45 heavy (non-hydrogen) atoms. The molecule has 3 aliphatic rings. The highest BCUT2D eigenvalue weighted by Gasteiger charge is 2.43. The van der Waals surface area contributed by atoms with Crippen LogP contribution in [-0.2, 0) is 16.1 Å². The molecule has 0 bridgehead atoms. The summed E-state index contributed by atoms with van der Waals surface area (Å²) in [6.07, 6.45) is 2.60. The number of rotatable bonds is 12. The third kappa shape index (κ3) is 7.32. The van der Waals surface area contributed by atoms with E-state index in [2.05, 4.69) is 70.5 Å². The molecule has 2 aromatic carbocycles. The summed E-state index contributed by atoms with van der Waals surface area (Å²) in [5, 5.41) is 0. The van der Waals surface area contributed by atoms with E-state index in [1.807, 2.05) is 18.7 Å². The van der Waals surface area contributed by atoms with E-state index in [-0.39, 0.29) is 30.0 Å². The molecule has 3 aromatic rings. The van der Waals surface area contributed by atoms with Crippen LogP contribution in [0.5, 0.6) is 11.8 Å². The Kier molecular flexibility index (Phi) is 9.97. The lowest BCUT2D eigenvalue weighted by Gasteiger charge is -2.53. The Hall–Kier alpha value is -3.53. The van der Waals surface area contributed by atoms with E-state index >= 15 is 0 Å². The summed E-state index contributed by atoms with van der Waals surface area (Å²) in [6.45, 7) is 9.02. The number of hydrogen-bond donors (Lipinski definition) is 0. The molecule has 3 heterocycles. The fourth-order valence-electron chi connectivity index (χ4n) is 7.00. The van der Waals surface area contributed by atoms with Gasteiger partial charge < -0.3 is 19.1 Å². The van der Waals surface area contributed by atoms with E-state index in [0.29, 0.717) is 43.8 Å². The van der Waals surface area contributed by atoms with E-state index in [9.17, 15) is 4.79 Å². The van der Waals surface area contributed by atoms with Crippen LogP contribution in [0.15, 0.2) is 60.7 Å². The number of ether oxygens (including phenoxy) is 3. The van der Waals surface area contributed by atoms with Gasteiger partial charge in [-0.1, -0.05) is 60.7 Å². The molecule has 3 fully saturated rings. The first kappa shape index (κ1) is 31.5. The first-order valence-corrected chi connectivity index (χ1v) is 16.4. The molecule has 1 aliphatic carbocycles. The maximum absolute atomic E-state index is 13.1. The zero-order valence-corrected chi connectivity index (χ0v) is 27.1. The summed E-state index contributed by atoms with van der Waals surface area (Å²) in [5.74, 6) is 2.75. The zero-order chi connectivity index (χ0) is 31.3. The lowest BCUT2D eigenvalue weighted by molar-refractivity contribution is -0.137. The first-order chi connectivity index (χ1) is 21.9. The van der Waals surface area contributed by atoms with Gasteiger partial charge in [0.25, 0.3) is 0 Å². The van der Waals surface area contributed by atoms with Crippen molar-refractivity contribution >= 4 is 5.91 Å². The molecule has 0 spiro atoms. The normalized spacial score (nSPS) is 20.8. The summed E-state index contributed by atoms with van der Waals surface area (Å²) < 4.78 is 17.4. The summed E-state index contributed by atoms with van der Waals surface area (Å²) in [6, 6.07) is 22.1. The Morgan fingerprint density at radius 3 is 2.16 bits per heavy atom. The van der Waals surface area contributed by atoms with Crippen molar-refractivity contribution in [1.29, 1.82) is 0 Å². The van der Waals surface area contributed by atoms with E-state index < -0.39 is 0 Å². The maximum atomic E-state index is 13.1. The highest BCUT2D eigenvalue weighted by atomic mass is 16.5. The zero-order valence-electron chi connectivity index (χ0n) is 27.1. The SMILES string of the molecule is COCCC(=O)N1CCN2[C@H](CN(Cc3c(OC)nc(C4CC4)nc3OC(C)C)C[C@H]2C(c2ccccc2)c2ccccc2)C1. The summed E-state index contributed by atoms with van der Waals surface area (Å²) in [4.78, 5) is 30.1. The lowest BCUT2D eigenvalue weighted by atomic mass is 9.81. The van der Waals surface area contributed by atoms with Crippen molar-refractivity contribution in [3.05, 3.63) is 83.2 Å². The molecule has 0 N–H and O–H groups in total. The van der Waals surface area contributed by atoms with E-state index in [1.54, 1.807) is 14.2 Å². The number of carbonyl (C=O) groups is 1. The van der Waals surface area contributed by atoms with Gasteiger partial charge >= 0.3 is 0 Å². The van der Waals surface area contributed by atoms with Crippen molar-refractivity contribution < 1.29 is 19.0 Å². The fraction of sp³-hybridized carbons (Fsp3) is 0.528. The number of benzene rings is 2. The van der Waals surface area contributed by atoms with E-state index in [4.69, 9.17) is 24.2 Å². The Labute approximate surface area is 267 Å². The highest BCUT2D eigenvalue weighted by molar-refractivity contribution is 5.76. The number of aromatic nitrogens is 2. The van der Waals surface area contributed by atoms with Crippen LogP contribution in [0.2, 0.25) is 0 Å². The molecule has 1 aromatic heterocycles. The molecule has 9 heteroatoms. The largest absolute Gasteiger partial charge is 0.481 e. The molecule has 1 saturated carbocycles. The minimum absolute atomic E-state index is 0.0226. The molecular weight excluding hydrogens is 566 g/mol. The second kappa shape index (κ2) is 14.3. The van der Waals surface area contributed by atoms with Crippen LogP contribution in [0, 0.1) is 0 Å². The van der Waals surface area contributed by atoms with Gasteiger partial charge in [0.2, 0.25) is 17.7 Å². The minimum Gasteiger partial charge on any atom is -0.481 e. The minimum atomic E-state index is -0.0226. The average Bonchev–Trinajstić information content (AvgIpc) is 3.91. The highest BCUT2D eigenvalue weighted by Crippen LogP contribution is 2.42. The van der Waals surface area contributed by atoms with Gasteiger partial charge in [0.05, 0.1) is 31.8 Å². The summed E-state index contributed by atoms with van der Waals surface area (Å²) >= 11 is 0. The third-order valence-electron chi connectivity index (χ3n) is 9.26. The quantitative estimate of drug-likeness (QED) is 0.291. The van der Waals surface area contributed by atoms with Crippen LogP contribution in [0.25, 0.3) is 0 Å². The molecule has 2 atom stereocenters. The molecule has 2 aliphatic heterocycles. The fourth-order valence-corrected chi connectivity index (χ4v) is 7.00. The van der Waals surface area contributed by atoms with Gasteiger partial charge in [-0.3, -0.25) is 14.6 Å². The van der Waals surface area contributed by atoms with Gasteiger partial charge in [-0.2, -0.15) is 9.97 Å². The van der Waals surface area contributed by atoms with Gasteiger partial charge in [-0.15, -0.1) is 0 Å². The predicted octanol–water partition coefficient (Wildman–Crippen LogP) is 4.72. The van der Waals surface area contributed by atoms with Crippen LogP contribution in [0.1, 0.15) is 67.5 Å². The van der Waals surface area contributed by atoms with E-state index in [0.717, 1.165) is 50.4 Å². The number of carbonyl (C=O) groups excluding carboxylic acids is 1. The van der Waals surface area contributed by atoms with Crippen molar-refractivity contribution in [2.45, 2.75) is 69.7 Å². The standard InChI is InChI=1S/C36H47N5O4/c1-25(2)45-36-30(35(44-4)37-34(38-36)28-15-16-28)23-39-21-29-22-40(32(42)17-20-43-3)18-19-41(29)31(24-39)33(26-11-7-5-8-12-26)27-13-9-6-10-14-27/h5-14,25,28-29,31,33H,15-24H2,1-4H3/t29-,31+/m1/s1. The van der Waals surface area contributed by atoms with Gasteiger partial charge in [-0.05, 0) is 37.8 Å². The number of fused-ring (bicyclic) bond motifs is 1. The number of methoxy groups -OCH3 is 2. The van der Waals surface area contributed by atoms with Gasteiger partial charge in [0, 0.05) is 70.3 Å². The van der Waals surface area contributed by atoms with Gasteiger partial charge in [0.15, 0.2) is 0 Å². The smallest absolute Gasteiger partial charge is 0.225 e. The second-order valence-corrected chi connectivity index (χ2v) is 12.9. The van der Waals surface area contributed by atoms with Crippen LogP contribution in [-0.4, -0.2) is 102 Å². The van der Waals surface area contributed by atoms with Crippen LogP contribution in [0.4, 0.5) is 0 Å². The monoisotopic (exact) mass is 613 g/mol. The Morgan fingerprint density at radius 2 is 1.56 bits per heavy atom. The molecule has 2 saturated heterocycles. The molecule has 240 valence electrons. The first-order valence-electron chi connectivity index (χ1n) is 16.4. The summed E-state index contributed by atoms with van der Waals surface area (Å²) in [5.41, 5.74) is 3.49. The Balaban J connectivity index is 1.36. The predicted molar refractivity (Wildman–Crippen MR) is 174 cm³/mol. The van der Waals surface area contributed by atoms with Crippen molar-refractivity contribution in [2.24, 2.45) is 0 Å². The number of hydrogen-bond acceptors (Lipinski definition) is 8. The van der Waals surface area contributed by atoms with Gasteiger partial charge in [0.1, 0.15) is 5.82 Å². The van der Waals surface area contributed by atoms with Crippen molar-refractivity contribution in [2.75, 3.05) is 53.6 Å². The second-order valence-electron chi connectivity index (χ2n) is 12.9. The molecule has 6 rings (SSSR count). The number of nitrogens with zero attached hydrogens (tertiary/aromatic N) is 5. The van der Waals surface area contributed by atoms with Crippen LogP contribution < -0.4 is 9.47 Å². The maximum Gasteiger partial charge on any atom is 0.225 e. The van der Waals surface area contributed by atoms with Crippen molar-refractivity contribution in [1.82, 2.24) is 24.7 Å². The van der Waals surface area contributed by atoms with Crippen LogP contribution >= 0.6 is 0 Å². The number of amides is 1. The van der Waals surface area contributed by atoms with Gasteiger partial charge in [-0.25, -0.2) is 0 Å². The molecule has 0 unspecified atom stereocenters. The average molecular weight is 614 g/mol. The number of piperazine rings is 2. The Bertz CT molecular complexity index is 1380. The lowest BCUT2D eigenvalue weighted by Crippen LogP contribution is -2.67. The Morgan fingerprint density at radius 1 is 0.889 bits per heavy atom.